The van der Waals surface area contributed by atoms with E-state index in [1.165, 1.54) is 6.33 Å². The maximum Gasteiger partial charge on any atom is 0.326 e. The SMILES string of the molecule is CC(C)CC(NC(=O)C(Cc1c[nH]cn1)NC(=O)C(N)Cc1ccccc1)C(=O)O. The molecule has 9 heteroatoms. The molecule has 3 unspecified atom stereocenters. The number of benzene rings is 1. The van der Waals surface area contributed by atoms with Crippen LogP contribution in [0.4, 0.5) is 0 Å². The third kappa shape index (κ3) is 7.32. The molecule has 0 aliphatic carbocycles. The second-order valence-electron chi connectivity index (χ2n) is 7.65. The molecule has 0 radical (unpaired) electrons. The summed E-state index contributed by atoms with van der Waals surface area (Å²) >= 11 is 0. The summed E-state index contributed by atoms with van der Waals surface area (Å²) in [6, 6.07) is 6.41. The Labute approximate surface area is 175 Å². The molecular formula is C21H29N5O4. The van der Waals surface area contributed by atoms with Crippen LogP contribution in [0.25, 0.3) is 0 Å². The molecule has 0 bridgehead atoms. The molecule has 2 rings (SSSR count). The molecule has 1 aromatic carbocycles. The van der Waals surface area contributed by atoms with Gasteiger partial charge in [0.1, 0.15) is 12.1 Å². The van der Waals surface area contributed by atoms with E-state index in [-0.39, 0.29) is 18.8 Å². The van der Waals surface area contributed by atoms with Gasteiger partial charge in [0, 0.05) is 12.6 Å². The van der Waals surface area contributed by atoms with Gasteiger partial charge in [-0.3, -0.25) is 9.59 Å². The fourth-order valence-corrected chi connectivity index (χ4v) is 3.03. The molecule has 1 aromatic heterocycles. The van der Waals surface area contributed by atoms with Gasteiger partial charge in [0.25, 0.3) is 0 Å². The Morgan fingerprint density at radius 1 is 1.07 bits per heavy atom. The zero-order valence-electron chi connectivity index (χ0n) is 17.2. The first kappa shape index (κ1) is 23.1. The van der Waals surface area contributed by atoms with Gasteiger partial charge < -0.3 is 26.5 Å². The summed E-state index contributed by atoms with van der Waals surface area (Å²) in [5.41, 5.74) is 7.48. The van der Waals surface area contributed by atoms with E-state index in [9.17, 15) is 19.5 Å². The molecule has 2 amide bonds. The fourth-order valence-electron chi connectivity index (χ4n) is 3.03. The minimum Gasteiger partial charge on any atom is -0.480 e. The number of carboxylic acid groups (broad SMARTS) is 1. The molecule has 9 nitrogen and oxygen atoms in total. The Morgan fingerprint density at radius 3 is 2.30 bits per heavy atom. The number of rotatable bonds is 11. The average molecular weight is 415 g/mol. The lowest BCUT2D eigenvalue weighted by Gasteiger charge is -2.23. The third-order valence-electron chi connectivity index (χ3n) is 4.56. The first-order valence-corrected chi connectivity index (χ1v) is 9.87. The van der Waals surface area contributed by atoms with Crippen LogP contribution < -0.4 is 16.4 Å². The molecule has 0 saturated carbocycles. The summed E-state index contributed by atoms with van der Waals surface area (Å²) in [5, 5.41) is 14.6. The molecule has 0 fully saturated rings. The molecule has 0 aliphatic heterocycles. The van der Waals surface area contributed by atoms with Crippen LogP contribution in [0.1, 0.15) is 31.5 Å². The lowest BCUT2D eigenvalue weighted by atomic mass is 10.0. The summed E-state index contributed by atoms with van der Waals surface area (Å²) in [7, 11) is 0. The number of hydrogen-bond donors (Lipinski definition) is 5. The van der Waals surface area contributed by atoms with E-state index in [0.717, 1.165) is 5.56 Å². The molecule has 6 N–H and O–H groups in total. The van der Waals surface area contributed by atoms with Gasteiger partial charge in [-0.2, -0.15) is 0 Å². The highest BCUT2D eigenvalue weighted by atomic mass is 16.4. The van der Waals surface area contributed by atoms with Crippen LogP contribution in [0, 0.1) is 5.92 Å². The zero-order chi connectivity index (χ0) is 22.1. The van der Waals surface area contributed by atoms with E-state index < -0.39 is 35.9 Å². The summed E-state index contributed by atoms with van der Waals surface area (Å²) in [6.45, 7) is 3.74. The number of H-pyrrole nitrogens is 1. The van der Waals surface area contributed by atoms with Crippen molar-refractivity contribution >= 4 is 17.8 Å². The van der Waals surface area contributed by atoms with Crippen LogP contribution in [0.3, 0.4) is 0 Å². The Balaban J connectivity index is 2.08. The number of nitrogens with two attached hydrogens (primary N) is 1. The molecule has 0 aliphatic rings. The van der Waals surface area contributed by atoms with Gasteiger partial charge in [0.15, 0.2) is 0 Å². The van der Waals surface area contributed by atoms with Crippen molar-refractivity contribution in [1.29, 1.82) is 0 Å². The second-order valence-corrected chi connectivity index (χ2v) is 7.65. The molecule has 2 aromatic rings. The highest BCUT2D eigenvalue weighted by Crippen LogP contribution is 2.07. The first-order valence-electron chi connectivity index (χ1n) is 9.87. The second kappa shape index (κ2) is 11.1. The van der Waals surface area contributed by atoms with Crippen LogP contribution in [0.2, 0.25) is 0 Å². The Bertz CT molecular complexity index is 823. The van der Waals surface area contributed by atoms with Crippen molar-refractivity contribution in [1.82, 2.24) is 20.6 Å². The van der Waals surface area contributed by atoms with E-state index in [4.69, 9.17) is 5.73 Å². The molecule has 30 heavy (non-hydrogen) atoms. The van der Waals surface area contributed by atoms with E-state index >= 15 is 0 Å². The van der Waals surface area contributed by atoms with Gasteiger partial charge in [-0.25, -0.2) is 9.78 Å². The third-order valence-corrected chi connectivity index (χ3v) is 4.56. The van der Waals surface area contributed by atoms with Gasteiger partial charge in [-0.15, -0.1) is 0 Å². The van der Waals surface area contributed by atoms with Crippen LogP contribution in [0.5, 0.6) is 0 Å². The lowest BCUT2D eigenvalue weighted by molar-refractivity contribution is -0.142. The number of carboxylic acids is 1. The highest BCUT2D eigenvalue weighted by molar-refractivity contribution is 5.92. The standard InChI is InChI=1S/C21H29N5O4/c1-13(2)8-18(21(29)30)26-20(28)17(10-15-11-23-12-24-15)25-19(27)16(22)9-14-6-4-3-5-7-14/h3-7,11-13,16-18H,8-10,22H2,1-2H3,(H,23,24)(H,25,27)(H,26,28)(H,29,30). The normalized spacial score (nSPS) is 14.0. The van der Waals surface area contributed by atoms with Crippen molar-refractivity contribution in [3.05, 3.63) is 54.1 Å². The predicted octanol–water partition coefficient (Wildman–Crippen LogP) is 0.623. The van der Waals surface area contributed by atoms with Crippen molar-refractivity contribution in [3.63, 3.8) is 0 Å². The molecule has 0 spiro atoms. The monoisotopic (exact) mass is 415 g/mol. The van der Waals surface area contributed by atoms with E-state index in [1.807, 2.05) is 44.2 Å². The maximum absolute atomic E-state index is 12.8. The molecule has 3 atom stereocenters. The summed E-state index contributed by atoms with van der Waals surface area (Å²) < 4.78 is 0. The number of carbonyl (C=O) groups excluding carboxylic acids is 2. The van der Waals surface area contributed by atoms with Gasteiger partial charge in [-0.1, -0.05) is 44.2 Å². The minimum absolute atomic E-state index is 0.0741. The smallest absolute Gasteiger partial charge is 0.326 e. The lowest BCUT2D eigenvalue weighted by Crippen LogP contribution is -2.55. The molecular weight excluding hydrogens is 386 g/mol. The largest absolute Gasteiger partial charge is 0.480 e. The number of aromatic nitrogens is 2. The van der Waals surface area contributed by atoms with E-state index in [0.29, 0.717) is 12.1 Å². The number of nitrogens with one attached hydrogen (secondary N) is 3. The minimum atomic E-state index is -1.12. The predicted molar refractivity (Wildman–Crippen MR) is 111 cm³/mol. The first-order chi connectivity index (χ1) is 14.3. The molecule has 162 valence electrons. The van der Waals surface area contributed by atoms with Gasteiger partial charge >= 0.3 is 5.97 Å². The number of aromatic amines is 1. The van der Waals surface area contributed by atoms with Crippen molar-refractivity contribution < 1.29 is 19.5 Å². The van der Waals surface area contributed by atoms with E-state index in [1.54, 1.807) is 6.20 Å². The van der Waals surface area contributed by atoms with Crippen LogP contribution in [-0.4, -0.2) is 51.0 Å². The molecule has 1 heterocycles. The zero-order valence-corrected chi connectivity index (χ0v) is 17.2. The average Bonchev–Trinajstić information content (AvgIpc) is 3.20. The Hall–Kier alpha value is -3.20. The van der Waals surface area contributed by atoms with E-state index in [2.05, 4.69) is 20.6 Å². The quantitative estimate of drug-likeness (QED) is 0.363. The van der Waals surface area contributed by atoms with Gasteiger partial charge in [0.2, 0.25) is 11.8 Å². The number of aliphatic carboxylic acids is 1. The number of hydrogen-bond acceptors (Lipinski definition) is 5. The number of imidazole rings is 1. The van der Waals surface area contributed by atoms with Crippen LogP contribution in [0.15, 0.2) is 42.9 Å². The number of carbonyl (C=O) groups is 3. The van der Waals surface area contributed by atoms with Crippen molar-refractivity contribution in [2.75, 3.05) is 0 Å². The van der Waals surface area contributed by atoms with Crippen LogP contribution >= 0.6 is 0 Å². The van der Waals surface area contributed by atoms with Crippen molar-refractivity contribution in [2.45, 2.75) is 51.2 Å². The Morgan fingerprint density at radius 2 is 1.73 bits per heavy atom. The fraction of sp³-hybridized carbons (Fsp3) is 0.429. The topological polar surface area (TPSA) is 150 Å². The van der Waals surface area contributed by atoms with Crippen molar-refractivity contribution in [2.24, 2.45) is 11.7 Å². The summed E-state index contributed by atoms with van der Waals surface area (Å²) in [6.07, 6.45) is 3.77. The highest BCUT2D eigenvalue weighted by Gasteiger charge is 2.29. The maximum atomic E-state index is 12.8. The summed E-state index contributed by atoms with van der Waals surface area (Å²) in [4.78, 5) is 43.8. The van der Waals surface area contributed by atoms with Crippen molar-refractivity contribution in [3.8, 4) is 0 Å². The number of amides is 2. The Kier molecular flexibility index (Phi) is 8.54. The van der Waals surface area contributed by atoms with Gasteiger partial charge in [0.05, 0.1) is 18.1 Å². The number of nitrogens with zero attached hydrogens (tertiary/aromatic N) is 1. The molecule has 0 saturated heterocycles. The van der Waals surface area contributed by atoms with Crippen LogP contribution in [-0.2, 0) is 27.2 Å². The van der Waals surface area contributed by atoms with Gasteiger partial charge in [-0.05, 0) is 24.3 Å². The summed E-state index contributed by atoms with van der Waals surface area (Å²) in [5.74, 6) is -2.13.